The van der Waals surface area contributed by atoms with E-state index in [4.69, 9.17) is 6.42 Å². The molecule has 0 aliphatic rings. The predicted molar refractivity (Wildman–Crippen MR) is 111 cm³/mol. The van der Waals surface area contributed by atoms with E-state index in [0.29, 0.717) is 16.7 Å². The van der Waals surface area contributed by atoms with Crippen molar-refractivity contribution in [1.29, 1.82) is 0 Å². The van der Waals surface area contributed by atoms with E-state index in [-0.39, 0.29) is 17.7 Å². The number of hydrogen-bond donors (Lipinski definition) is 1. The molecule has 1 atom stereocenters. The Morgan fingerprint density at radius 3 is 2.79 bits per heavy atom. The molecule has 1 N–H and O–H groups in total. The van der Waals surface area contributed by atoms with Gasteiger partial charge in [-0.05, 0) is 44.5 Å². The molecule has 6 nitrogen and oxygen atoms in total. The van der Waals surface area contributed by atoms with E-state index in [1.807, 2.05) is 48.7 Å². The minimum absolute atomic E-state index is 0.141. The van der Waals surface area contributed by atoms with Crippen LogP contribution in [0.1, 0.15) is 18.1 Å². The molecule has 3 aromatic rings. The highest BCUT2D eigenvalue weighted by Crippen LogP contribution is 2.31. The average Bonchev–Trinajstić information content (AvgIpc) is 3.10. The second kappa shape index (κ2) is 8.72. The lowest BCUT2D eigenvalue weighted by atomic mass is 10.1. The molecule has 2 aromatic heterocycles. The lowest BCUT2D eigenvalue weighted by molar-refractivity contribution is -0.120. The fourth-order valence-electron chi connectivity index (χ4n) is 2.77. The predicted octanol–water partition coefficient (Wildman–Crippen LogP) is 3.18. The van der Waals surface area contributed by atoms with Crippen LogP contribution < -0.4 is 5.32 Å². The number of thioether (sulfide) groups is 1. The highest BCUT2D eigenvalue weighted by molar-refractivity contribution is 8.00. The number of pyridine rings is 1. The van der Waals surface area contributed by atoms with Crippen molar-refractivity contribution in [2.24, 2.45) is 0 Å². The zero-order chi connectivity index (χ0) is 20.1. The normalized spacial score (nSPS) is 11.6. The third kappa shape index (κ3) is 4.24. The highest BCUT2D eigenvalue weighted by Gasteiger charge is 2.22. The van der Waals surface area contributed by atoms with Crippen molar-refractivity contribution in [2.75, 3.05) is 6.54 Å². The van der Waals surface area contributed by atoms with Crippen LogP contribution in [0.25, 0.3) is 17.2 Å². The standard InChI is InChI=1S/C21H21N5OS/c1-5-11-23-20(27)16(4)28-21-25-24-19(17-8-6-7-12-22-17)26(21)18-10-9-14(2)13-15(18)3/h1,6-10,12-13,16H,11H2,2-4H3,(H,23,27)/t16-/m0/s1. The van der Waals surface area contributed by atoms with Crippen LogP contribution in [0, 0.1) is 26.2 Å². The van der Waals surface area contributed by atoms with Crippen molar-refractivity contribution in [3.05, 3.63) is 53.7 Å². The first kappa shape index (κ1) is 19.6. The monoisotopic (exact) mass is 391 g/mol. The number of benzene rings is 1. The molecule has 0 spiro atoms. The van der Waals surface area contributed by atoms with E-state index in [0.717, 1.165) is 11.3 Å². The van der Waals surface area contributed by atoms with Crippen molar-refractivity contribution >= 4 is 17.7 Å². The van der Waals surface area contributed by atoms with Crippen molar-refractivity contribution in [2.45, 2.75) is 31.2 Å². The lowest BCUT2D eigenvalue weighted by Gasteiger charge is -2.15. The molecule has 0 saturated carbocycles. The van der Waals surface area contributed by atoms with E-state index < -0.39 is 0 Å². The van der Waals surface area contributed by atoms with E-state index in [1.165, 1.54) is 17.3 Å². The van der Waals surface area contributed by atoms with Gasteiger partial charge in [-0.25, -0.2) is 0 Å². The summed E-state index contributed by atoms with van der Waals surface area (Å²) in [6, 6.07) is 11.8. The van der Waals surface area contributed by atoms with Gasteiger partial charge >= 0.3 is 0 Å². The number of amides is 1. The number of carbonyl (C=O) groups excluding carboxylic acids is 1. The molecular weight excluding hydrogens is 370 g/mol. The topological polar surface area (TPSA) is 72.7 Å². The van der Waals surface area contributed by atoms with Gasteiger partial charge < -0.3 is 5.32 Å². The molecule has 0 saturated heterocycles. The van der Waals surface area contributed by atoms with Gasteiger partial charge in [0.1, 0.15) is 5.69 Å². The number of terminal acetylenes is 1. The van der Waals surface area contributed by atoms with Crippen LogP contribution in [0.4, 0.5) is 0 Å². The molecule has 0 bridgehead atoms. The number of nitrogens with zero attached hydrogens (tertiary/aromatic N) is 4. The summed E-state index contributed by atoms with van der Waals surface area (Å²) in [4.78, 5) is 16.7. The zero-order valence-corrected chi connectivity index (χ0v) is 16.8. The molecule has 1 aromatic carbocycles. The Morgan fingerprint density at radius 1 is 1.29 bits per heavy atom. The number of hydrogen-bond acceptors (Lipinski definition) is 5. The van der Waals surface area contributed by atoms with Crippen molar-refractivity contribution in [3.63, 3.8) is 0 Å². The first-order valence-corrected chi connectivity index (χ1v) is 9.71. The molecular formula is C21H21N5OS. The summed E-state index contributed by atoms with van der Waals surface area (Å²) in [5.74, 6) is 2.90. The van der Waals surface area contributed by atoms with Crippen LogP contribution in [0.3, 0.4) is 0 Å². The molecule has 142 valence electrons. The molecule has 0 aliphatic heterocycles. The van der Waals surface area contributed by atoms with Crippen LogP contribution in [-0.2, 0) is 4.79 Å². The Morgan fingerprint density at radius 2 is 2.11 bits per heavy atom. The Balaban J connectivity index is 2.05. The fraction of sp³-hybridized carbons (Fsp3) is 0.238. The number of aromatic nitrogens is 4. The summed E-state index contributed by atoms with van der Waals surface area (Å²) >= 11 is 1.33. The maximum Gasteiger partial charge on any atom is 0.234 e. The third-order valence-corrected chi connectivity index (χ3v) is 5.18. The van der Waals surface area contributed by atoms with E-state index >= 15 is 0 Å². The van der Waals surface area contributed by atoms with E-state index in [1.54, 1.807) is 6.20 Å². The second-order valence-corrected chi connectivity index (χ2v) is 7.64. The van der Waals surface area contributed by atoms with Gasteiger partial charge in [0.2, 0.25) is 5.91 Å². The minimum atomic E-state index is -0.376. The van der Waals surface area contributed by atoms with Crippen LogP contribution in [-0.4, -0.2) is 37.5 Å². The first-order valence-electron chi connectivity index (χ1n) is 8.83. The molecule has 0 fully saturated rings. The molecule has 0 unspecified atom stereocenters. The van der Waals surface area contributed by atoms with Crippen molar-refractivity contribution in [3.8, 4) is 29.5 Å². The second-order valence-electron chi connectivity index (χ2n) is 6.33. The van der Waals surface area contributed by atoms with E-state index in [2.05, 4.69) is 39.4 Å². The molecule has 1 amide bonds. The van der Waals surface area contributed by atoms with Gasteiger partial charge in [0.25, 0.3) is 0 Å². The van der Waals surface area contributed by atoms with Gasteiger partial charge in [-0.2, -0.15) is 0 Å². The number of rotatable bonds is 6. The summed E-state index contributed by atoms with van der Waals surface area (Å²) in [6.07, 6.45) is 6.94. The molecule has 0 radical (unpaired) electrons. The largest absolute Gasteiger partial charge is 0.344 e. The SMILES string of the molecule is C#CCNC(=O)[C@H](C)Sc1nnc(-c2ccccn2)n1-c1ccc(C)cc1C. The number of carbonyl (C=O) groups is 1. The Labute approximate surface area is 168 Å². The van der Waals surface area contributed by atoms with Gasteiger partial charge in [-0.15, -0.1) is 16.6 Å². The Bertz CT molecular complexity index is 1020. The Kier molecular flexibility index (Phi) is 6.12. The molecule has 0 aliphatic carbocycles. The summed E-state index contributed by atoms with van der Waals surface area (Å²) < 4.78 is 1.95. The summed E-state index contributed by atoms with van der Waals surface area (Å²) in [5.41, 5.74) is 3.93. The average molecular weight is 392 g/mol. The first-order chi connectivity index (χ1) is 13.5. The molecule has 2 heterocycles. The summed E-state index contributed by atoms with van der Waals surface area (Å²) in [5, 5.41) is 11.7. The van der Waals surface area contributed by atoms with E-state index in [9.17, 15) is 4.79 Å². The van der Waals surface area contributed by atoms with Crippen LogP contribution in [0.5, 0.6) is 0 Å². The smallest absolute Gasteiger partial charge is 0.234 e. The van der Waals surface area contributed by atoms with Crippen molar-refractivity contribution < 1.29 is 4.79 Å². The summed E-state index contributed by atoms with van der Waals surface area (Å²) in [6.45, 7) is 6.11. The maximum absolute atomic E-state index is 12.2. The van der Waals surface area contributed by atoms with Gasteiger partial charge in [0, 0.05) is 6.20 Å². The van der Waals surface area contributed by atoms with Crippen LogP contribution >= 0.6 is 11.8 Å². The quantitative estimate of drug-likeness (QED) is 0.516. The zero-order valence-electron chi connectivity index (χ0n) is 16.0. The van der Waals surface area contributed by atoms with Gasteiger partial charge in [0.05, 0.1) is 17.5 Å². The van der Waals surface area contributed by atoms with Gasteiger partial charge in [0.15, 0.2) is 11.0 Å². The highest BCUT2D eigenvalue weighted by atomic mass is 32.2. The van der Waals surface area contributed by atoms with Gasteiger partial charge in [-0.1, -0.05) is 41.4 Å². The van der Waals surface area contributed by atoms with Gasteiger partial charge in [-0.3, -0.25) is 14.3 Å². The van der Waals surface area contributed by atoms with Crippen LogP contribution in [0.2, 0.25) is 0 Å². The maximum atomic E-state index is 12.2. The Hall–Kier alpha value is -3.11. The van der Waals surface area contributed by atoms with Crippen LogP contribution in [0.15, 0.2) is 47.8 Å². The lowest BCUT2D eigenvalue weighted by Crippen LogP contribution is -2.31. The fourth-order valence-corrected chi connectivity index (χ4v) is 3.66. The summed E-state index contributed by atoms with van der Waals surface area (Å²) in [7, 11) is 0. The van der Waals surface area contributed by atoms with Crippen molar-refractivity contribution in [1.82, 2.24) is 25.1 Å². The molecule has 28 heavy (non-hydrogen) atoms. The molecule has 3 rings (SSSR count). The number of nitrogens with one attached hydrogen (secondary N) is 1. The molecule has 7 heteroatoms. The number of aryl methyl sites for hydroxylation is 2. The third-order valence-electron chi connectivity index (χ3n) is 4.14. The minimum Gasteiger partial charge on any atom is -0.344 e.